The molecule has 1 aromatic rings. The summed E-state index contributed by atoms with van der Waals surface area (Å²) in [4.78, 5) is 0. The Morgan fingerprint density at radius 3 is 2.73 bits per heavy atom. The van der Waals surface area contributed by atoms with Gasteiger partial charge in [-0.2, -0.15) is 0 Å². The molecule has 3 heteroatoms. The van der Waals surface area contributed by atoms with Gasteiger partial charge in [-0.05, 0) is 30.9 Å². The summed E-state index contributed by atoms with van der Waals surface area (Å²) < 4.78 is 10.7. The average molecular weight is 207 g/mol. The molecule has 0 unspecified atom stereocenters. The molecule has 0 saturated heterocycles. The Labute approximate surface area is 90.2 Å². The Kier molecular flexibility index (Phi) is 2.82. The van der Waals surface area contributed by atoms with Gasteiger partial charge in [0, 0.05) is 11.6 Å². The SMILES string of the molecule is COc1ccc2c(c1OC)CCC[C@@H]2N. The van der Waals surface area contributed by atoms with Gasteiger partial charge in [-0.15, -0.1) is 0 Å². The molecule has 0 radical (unpaired) electrons. The second-order valence-electron chi connectivity index (χ2n) is 3.87. The van der Waals surface area contributed by atoms with Crippen molar-refractivity contribution in [2.45, 2.75) is 25.3 Å². The topological polar surface area (TPSA) is 44.5 Å². The third-order valence-corrected chi connectivity index (χ3v) is 3.03. The van der Waals surface area contributed by atoms with Crippen LogP contribution in [0.3, 0.4) is 0 Å². The van der Waals surface area contributed by atoms with Gasteiger partial charge in [0.25, 0.3) is 0 Å². The zero-order chi connectivity index (χ0) is 10.8. The van der Waals surface area contributed by atoms with E-state index in [1.807, 2.05) is 6.07 Å². The third-order valence-electron chi connectivity index (χ3n) is 3.03. The molecule has 0 saturated carbocycles. The van der Waals surface area contributed by atoms with Crippen molar-refractivity contribution >= 4 is 0 Å². The van der Waals surface area contributed by atoms with Gasteiger partial charge >= 0.3 is 0 Å². The highest BCUT2D eigenvalue weighted by molar-refractivity contribution is 5.52. The number of benzene rings is 1. The van der Waals surface area contributed by atoms with E-state index in [9.17, 15) is 0 Å². The summed E-state index contributed by atoms with van der Waals surface area (Å²) in [5.74, 6) is 1.65. The van der Waals surface area contributed by atoms with Crippen LogP contribution in [0.25, 0.3) is 0 Å². The minimum Gasteiger partial charge on any atom is -0.493 e. The molecule has 1 aromatic carbocycles. The number of rotatable bonds is 2. The summed E-state index contributed by atoms with van der Waals surface area (Å²) in [5.41, 5.74) is 8.49. The molecule has 15 heavy (non-hydrogen) atoms. The molecular weight excluding hydrogens is 190 g/mol. The molecule has 0 amide bonds. The fourth-order valence-electron chi connectivity index (χ4n) is 2.27. The smallest absolute Gasteiger partial charge is 0.164 e. The minimum absolute atomic E-state index is 0.147. The molecule has 0 spiro atoms. The summed E-state index contributed by atoms with van der Waals surface area (Å²) in [6, 6.07) is 4.14. The van der Waals surface area contributed by atoms with Crippen molar-refractivity contribution in [2.75, 3.05) is 14.2 Å². The summed E-state index contributed by atoms with van der Waals surface area (Å²) >= 11 is 0. The molecule has 2 rings (SSSR count). The number of methoxy groups -OCH3 is 2. The second kappa shape index (κ2) is 4.11. The van der Waals surface area contributed by atoms with Crippen LogP contribution in [-0.2, 0) is 6.42 Å². The van der Waals surface area contributed by atoms with Crippen LogP contribution in [0.2, 0.25) is 0 Å². The van der Waals surface area contributed by atoms with E-state index in [-0.39, 0.29) is 6.04 Å². The van der Waals surface area contributed by atoms with Crippen LogP contribution in [0.15, 0.2) is 12.1 Å². The van der Waals surface area contributed by atoms with Crippen LogP contribution in [0.4, 0.5) is 0 Å². The molecule has 82 valence electrons. The van der Waals surface area contributed by atoms with E-state index in [4.69, 9.17) is 15.2 Å². The summed E-state index contributed by atoms with van der Waals surface area (Å²) in [7, 11) is 3.34. The van der Waals surface area contributed by atoms with Crippen molar-refractivity contribution in [1.82, 2.24) is 0 Å². The fourth-order valence-corrected chi connectivity index (χ4v) is 2.27. The monoisotopic (exact) mass is 207 g/mol. The largest absolute Gasteiger partial charge is 0.493 e. The molecule has 0 bridgehead atoms. The summed E-state index contributed by atoms with van der Waals surface area (Å²) in [5, 5.41) is 0. The van der Waals surface area contributed by atoms with Crippen molar-refractivity contribution < 1.29 is 9.47 Å². The van der Waals surface area contributed by atoms with Gasteiger partial charge < -0.3 is 15.2 Å². The highest BCUT2D eigenvalue weighted by Gasteiger charge is 2.22. The molecule has 0 fully saturated rings. The van der Waals surface area contributed by atoms with Gasteiger partial charge in [0.2, 0.25) is 0 Å². The van der Waals surface area contributed by atoms with E-state index < -0.39 is 0 Å². The van der Waals surface area contributed by atoms with E-state index >= 15 is 0 Å². The van der Waals surface area contributed by atoms with E-state index in [0.717, 1.165) is 30.8 Å². The molecule has 2 N–H and O–H groups in total. The lowest BCUT2D eigenvalue weighted by molar-refractivity contribution is 0.348. The van der Waals surface area contributed by atoms with Gasteiger partial charge in [0.05, 0.1) is 14.2 Å². The third kappa shape index (κ3) is 1.67. The van der Waals surface area contributed by atoms with Crippen LogP contribution in [0.1, 0.15) is 30.0 Å². The van der Waals surface area contributed by atoms with E-state index in [1.54, 1.807) is 14.2 Å². The van der Waals surface area contributed by atoms with Gasteiger partial charge in [-0.3, -0.25) is 0 Å². The maximum atomic E-state index is 6.07. The van der Waals surface area contributed by atoms with E-state index in [2.05, 4.69) is 6.07 Å². The van der Waals surface area contributed by atoms with Gasteiger partial charge in [-0.1, -0.05) is 6.07 Å². The molecule has 1 aliphatic carbocycles. The number of nitrogens with two attached hydrogens (primary N) is 1. The Balaban J connectivity index is 2.53. The molecule has 1 aliphatic rings. The first-order valence-corrected chi connectivity index (χ1v) is 5.27. The maximum Gasteiger partial charge on any atom is 0.164 e. The van der Waals surface area contributed by atoms with Crippen molar-refractivity contribution in [3.63, 3.8) is 0 Å². The predicted molar refractivity (Wildman–Crippen MR) is 59.4 cm³/mol. The van der Waals surface area contributed by atoms with Gasteiger partial charge in [0.15, 0.2) is 11.5 Å². The Morgan fingerprint density at radius 2 is 2.07 bits per heavy atom. The lowest BCUT2D eigenvalue weighted by Gasteiger charge is -2.25. The van der Waals surface area contributed by atoms with Crippen LogP contribution < -0.4 is 15.2 Å². The number of hydrogen-bond donors (Lipinski definition) is 1. The zero-order valence-corrected chi connectivity index (χ0v) is 9.25. The highest BCUT2D eigenvalue weighted by Crippen LogP contribution is 2.39. The maximum absolute atomic E-state index is 6.07. The van der Waals surface area contributed by atoms with Crippen molar-refractivity contribution in [3.05, 3.63) is 23.3 Å². The molecule has 0 aliphatic heterocycles. The molecule has 3 nitrogen and oxygen atoms in total. The molecule has 1 atom stereocenters. The Hall–Kier alpha value is -1.22. The number of fused-ring (bicyclic) bond motifs is 1. The first kappa shape index (κ1) is 10.3. The van der Waals surface area contributed by atoms with Crippen molar-refractivity contribution in [2.24, 2.45) is 5.73 Å². The Morgan fingerprint density at radius 1 is 1.27 bits per heavy atom. The van der Waals surface area contributed by atoms with Crippen LogP contribution in [0, 0.1) is 0 Å². The van der Waals surface area contributed by atoms with Gasteiger partial charge in [-0.25, -0.2) is 0 Å². The van der Waals surface area contributed by atoms with E-state index in [0.29, 0.717) is 0 Å². The summed E-state index contributed by atoms with van der Waals surface area (Å²) in [6.45, 7) is 0. The van der Waals surface area contributed by atoms with Crippen molar-refractivity contribution in [1.29, 1.82) is 0 Å². The normalized spacial score (nSPS) is 19.5. The molecular formula is C12H17NO2. The molecule has 0 heterocycles. The average Bonchev–Trinajstić information content (AvgIpc) is 2.28. The second-order valence-corrected chi connectivity index (χ2v) is 3.87. The van der Waals surface area contributed by atoms with Crippen LogP contribution >= 0.6 is 0 Å². The standard InChI is InChI=1S/C12H17NO2/c1-14-11-7-6-8-9(12(11)15-2)4-3-5-10(8)13/h6-7,10H,3-5,13H2,1-2H3/t10-/m0/s1. The van der Waals surface area contributed by atoms with Crippen LogP contribution in [-0.4, -0.2) is 14.2 Å². The zero-order valence-electron chi connectivity index (χ0n) is 9.25. The predicted octanol–water partition coefficient (Wildman–Crippen LogP) is 2.04. The van der Waals surface area contributed by atoms with Crippen molar-refractivity contribution in [3.8, 4) is 11.5 Å². The first-order valence-electron chi connectivity index (χ1n) is 5.27. The lowest BCUT2D eigenvalue weighted by Crippen LogP contribution is -2.18. The first-order chi connectivity index (χ1) is 7.27. The molecule has 0 aromatic heterocycles. The Bertz CT molecular complexity index is 363. The van der Waals surface area contributed by atoms with Crippen LogP contribution in [0.5, 0.6) is 11.5 Å². The van der Waals surface area contributed by atoms with Gasteiger partial charge in [0.1, 0.15) is 0 Å². The summed E-state index contributed by atoms with van der Waals surface area (Å²) in [6.07, 6.45) is 3.21. The number of ether oxygens (including phenoxy) is 2. The fraction of sp³-hybridized carbons (Fsp3) is 0.500. The minimum atomic E-state index is 0.147. The highest BCUT2D eigenvalue weighted by atomic mass is 16.5. The van der Waals surface area contributed by atoms with E-state index in [1.165, 1.54) is 11.1 Å². The number of hydrogen-bond acceptors (Lipinski definition) is 3. The lowest BCUT2D eigenvalue weighted by atomic mass is 9.87. The quantitative estimate of drug-likeness (QED) is 0.807.